The van der Waals surface area contributed by atoms with Gasteiger partial charge < -0.3 is 5.32 Å². The summed E-state index contributed by atoms with van der Waals surface area (Å²) in [6, 6.07) is 7.07. The van der Waals surface area contributed by atoms with Crippen LogP contribution in [0.5, 0.6) is 0 Å². The number of thioether (sulfide) groups is 1. The first kappa shape index (κ1) is 19.8. The van der Waals surface area contributed by atoms with Crippen LogP contribution in [-0.2, 0) is 24.1 Å². The Bertz CT molecular complexity index is 1250. The molecule has 3 heterocycles. The Hall–Kier alpha value is -2.16. The number of aryl methyl sites for hydroxylation is 3. The molecule has 0 bridgehead atoms. The van der Waals surface area contributed by atoms with Gasteiger partial charge in [-0.3, -0.25) is 9.20 Å². The maximum absolute atomic E-state index is 12.4. The molecule has 1 aliphatic rings. The molecule has 1 amide bonds. The SMILES string of the molecule is CCc1nc2sc3c(c2c2nnc(SCC(=O)Nc4ccc(Cl)cc4)n12)CCCC3. The molecule has 9 heteroatoms. The van der Waals surface area contributed by atoms with E-state index in [1.165, 1.54) is 35.0 Å². The van der Waals surface area contributed by atoms with Gasteiger partial charge in [-0.25, -0.2) is 4.98 Å². The lowest BCUT2D eigenvalue weighted by molar-refractivity contribution is -0.113. The molecule has 0 unspecified atom stereocenters. The first-order valence-electron chi connectivity index (χ1n) is 10.0. The van der Waals surface area contributed by atoms with E-state index in [1.807, 2.05) is 4.40 Å². The zero-order valence-corrected chi connectivity index (χ0v) is 18.8. The van der Waals surface area contributed by atoms with E-state index in [4.69, 9.17) is 16.6 Å². The van der Waals surface area contributed by atoms with Gasteiger partial charge in [-0.2, -0.15) is 0 Å². The zero-order chi connectivity index (χ0) is 20.7. The van der Waals surface area contributed by atoms with Crippen LogP contribution in [0.25, 0.3) is 15.9 Å². The number of hydrogen-bond acceptors (Lipinski definition) is 6. The molecule has 1 aliphatic carbocycles. The third kappa shape index (κ3) is 3.57. The zero-order valence-electron chi connectivity index (χ0n) is 16.4. The van der Waals surface area contributed by atoms with E-state index in [2.05, 4.69) is 22.4 Å². The number of aromatic nitrogens is 4. The number of nitrogens with zero attached hydrogens (tertiary/aromatic N) is 4. The van der Waals surface area contributed by atoms with Crippen molar-refractivity contribution in [1.29, 1.82) is 0 Å². The highest BCUT2D eigenvalue weighted by atomic mass is 35.5. The second-order valence-electron chi connectivity index (χ2n) is 7.26. The van der Waals surface area contributed by atoms with Crippen LogP contribution in [0.4, 0.5) is 5.69 Å². The summed E-state index contributed by atoms with van der Waals surface area (Å²) in [4.78, 5) is 19.9. The van der Waals surface area contributed by atoms with Crippen molar-refractivity contribution < 1.29 is 4.79 Å². The van der Waals surface area contributed by atoms with Crippen molar-refractivity contribution >= 4 is 62.2 Å². The van der Waals surface area contributed by atoms with Gasteiger partial charge in [0.05, 0.1) is 11.1 Å². The number of anilines is 1. The average Bonchev–Trinajstić information content (AvgIpc) is 3.34. The van der Waals surface area contributed by atoms with Crippen molar-refractivity contribution in [3.05, 3.63) is 45.6 Å². The number of hydrogen-bond donors (Lipinski definition) is 1. The normalized spacial score (nSPS) is 13.7. The number of carbonyl (C=O) groups is 1. The second-order valence-corrected chi connectivity index (χ2v) is 9.72. The van der Waals surface area contributed by atoms with Gasteiger partial charge in [0.2, 0.25) is 5.91 Å². The lowest BCUT2D eigenvalue weighted by atomic mass is 9.97. The molecule has 6 nitrogen and oxygen atoms in total. The van der Waals surface area contributed by atoms with E-state index in [1.54, 1.807) is 35.6 Å². The summed E-state index contributed by atoms with van der Waals surface area (Å²) in [5.41, 5.74) is 2.99. The van der Waals surface area contributed by atoms with Crippen molar-refractivity contribution in [3.63, 3.8) is 0 Å². The van der Waals surface area contributed by atoms with E-state index in [9.17, 15) is 4.79 Å². The summed E-state index contributed by atoms with van der Waals surface area (Å²) in [6.07, 6.45) is 5.44. The van der Waals surface area contributed by atoms with Crippen molar-refractivity contribution in [2.24, 2.45) is 0 Å². The second kappa shape index (κ2) is 8.17. The van der Waals surface area contributed by atoms with Crippen LogP contribution < -0.4 is 5.32 Å². The molecule has 0 spiro atoms. The summed E-state index contributed by atoms with van der Waals surface area (Å²) in [5, 5.41) is 14.3. The van der Waals surface area contributed by atoms with Crippen LogP contribution in [0.2, 0.25) is 5.02 Å². The summed E-state index contributed by atoms with van der Waals surface area (Å²) >= 11 is 9.08. The van der Waals surface area contributed by atoms with Gasteiger partial charge in [0.25, 0.3) is 0 Å². The molecular weight excluding hydrogens is 438 g/mol. The molecule has 1 aromatic carbocycles. The quantitative estimate of drug-likeness (QED) is 0.419. The number of halogens is 1. The molecule has 0 radical (unpaired) electrons. The molecule has 0 fully saturated rings. The highest BCUT2D eigenvalue weighted by molar-refractivity contribution is 7.99. The Morgan fingerprint density at radius 3 is 2.83 bits per heavy atom. The number of rotatable bonds is 5. The minimum absolute atomic E-state index is 0.0981. The van der Waals surface area contributed by atoms with Crippen molar-refractivity contribution in [3.8, 4) is 0 Å². The van der Waals surface area contributed by atoms with Crippen LogP contribution in [0.15, 0.2) is 29.4 Å². The van der Waals surface area contributed by atoms with Crippen LogP contribution >= 0.6 is 34.7 Å². The van der Waals surface area contributed by atoms with E-state index < -0.39 is 0 Å². The largest absolute Gasteiger partial charge is 0.325 e. The fourth-order valence-electron chi connectivity index (χ4n) is 3.88. The summed E-state index contributed by atoms with van der Waals surface area (Å²) in [6.45, 7) is 2.09. The first-order valence-corrected chi connectivity index (χ1v) is 12.2. The first-order chi connectivity index (χ1) is 14.6. The number of carbonyl (C=O) groups excluding carboxylic acids is 1. The topological polar surface area (TPSA) is 72.2 Å². The Labute approximate surface area is 187 Å². The third-order valence-corrected chi connectivity index (χ3v) is 7.64. The molecule has 1 N–H and O–H groups in total. The lowest BCUT2D eigenvalue weighted by Gasteiger charge is -2.11. The number of amides is 1. The smallest absolute Gasteiger partial charge is 0.234 e. The minimum Gasteiger partial charge on any atom is -0.325 e. The molecule has 0 saturated heterocycles. The highest BCUT2D eigenvalue weighted by Gasteiger charge is 2.23. The van der Waals surface area contributed by atoms with Crippen molar-refractivity contribution in [2.75, 3.05) is 11.1 Å². The fraction of sp³-hybridized carbons (Fsp3) is 0.333. The standard InChI is InChI=1S/C21H20ClN5OS2/c1-2-16-24-20-18(14-5-3-4-6-15(14)30-20)19-25-26-21(27(16)19)29-11-17(28)23-13-9-7-12(22)8-10-13/h7-10H,2-6,11H2,1H3,(H,23,28). The molecule has 0 saturated carbocycles. The third-order valence-electron chi connectivity index (χ3n) is 5.27. The Kier molecular flexibility index (Phi) is 5.39. The molecule has 3 aromatic heterocycles. The Morgan fingerprint density at radius 1 is 1.23 bits per heavy atom. The molecule has 0 aliphatic heterocycles. The monoisotopic (exact) mass is 457 g/mol. The number of nitrogens with one attached hydrogen (secondary N) is 1. The predicted octanol–water partition coefficient (Wildman–Crippen LogP) is 5.16. The molecular formula is C21H20ClN5OS2. The van der Waals surface area contributed by atoms with Gasteiger partial charge in [0.15, 0.2) is 10.8 Å². The van der Waals surface area contributed by atoms with Gasteiger partial charge in [-0.1, -0.05) is 30.3 Å². The van der Waals surface area contributed by atoms with Crippen molar-refractivity contribution in [1.82, 2.24) is 19.6 Å². The Balaban J connectivity index is 1.44. The number of thiophene rings is 1. The van der Waals surface area contributed by atoms with Crippen LogP contribution in [-0.4, -0.2) is 31.2 Å². The lowest BCUT2D eigenvalue weighted by Crippen LogP contribution is -2.14. The maximum atomic E-state index is 12.4. The minimum atomic E-state index is -0.0981. The van der Waals surface area contributed by atoms with Gasteiger partial charge >= 0.3 is 0 Å². The van der Waals surface area contributed by atoms with Crippen molar-refractivity contribution in [2.45, 2.75) is 44.2 Å². The maximum Gasteiger partial charge on any atom is 0.234 e. The summed E-state index contributed by atoms with van der Waals surface area (Å²) in [5.74, 6) is 1.08. The molecule has 4 aromatic rings. The summed E-state index contributed by atoms with van der Waals surface area (Å²) < 4.78 is 2.03. The van der Waals surface area contributed by atoms with Gasteiger partial charge in [0, 0.05) is 22.0 Å². The predicted molar refractivity (Wildman–Crippen MR) is 123 cm³/mol. The van der Waals surface area contributed by atoms with E-state index in [0.29, 0.717) is 10.2 Å². The van der Waals surface area contributed by atoms with Crippen LogP contribution in [0.1, 0.15) is 36.0 Å². The van der Waals surface area contributed by atoms with Gasteiger partial charge in [-0.05, 0) is 55.5 Å². The van der Waals surface area contributed by atoms with Crippen LogP contribution in [0.3, 0.4) is 0 Å². The molecule has 5 rings (SSSR count). The van der Waals surface area contributed by atoms with Crippen LogP contribution in [0, 0.1) is 0 Å². The highest BCUT2D eigenvalue weighted by Crippen LogP contribution is 2.38. The Morgan fingerprint density at radius 2 is 2.03 bits per heavy atom. The van der Waals surface area contributed by atoms with Gasteiger partial charge in [0.1, 0.15) is 10.7 Å². The molecule has 154 valence electrons. The number of fused-ring (bicyclic) bond motifs is 5. The number of benzene rings is 1. The van der Waals surface area contributed by atoms with E-state index in [-0.39, 0.29) is 11.7 Å². The van der Waals surface area contributed by atoms with E-state index >= 15 is 0 Å². The fourth-order valence-corrected chi connectivity index (χ4v) is 6.04. The molecule has 30 heavy (non-hydrogen) atoms. The summed E-state index contributed by atoms with van der Waals surface area (Å²) in [7, 11) is 0. The average molecular weight is 458 g/mol. The van der Waals surface area contributed by atoms with E-state index in [0.717, 1.165) is 46.6 Å². The molecule has 0 atom stereocenters. The van der Waals surface area contributed by atoms with Gasteiger partial charge in [-0.15, -0.1) is 21.5 Å².